The molecule has 2 aliphatic heterocycles. The Kier molecular flexibility index (Phi) is 3.18. The summed E-state index contributed by atoms with van der Waals surface area (Å²) < 4.78 is 14.3. The van der Waals surface area contributed by atoms with Gasteiger partial charge in [-0.3, -0.25) is 9.80 Å². The number of hydrazone groups is 1. The summed E-state index contributed by atoms with van der Waals surface area (Å²) in [6.07, 6.45) is -1.22. The van der Waals surface area contributed by atoms with Gasteiger partial charge in [-0.05, 0) is 17.0 Å². The molecule has 6 heteroatoms. The van der Waals surface area contributed by atoms with Gasteiger partial charge in [0.15, 0.2) is 5.84 Å². The number of rotatable bonds is 3. The Morgan fingerprint density at radius 3 is 2.82 bits per heavy atom. The Balaban J connectivity index is 1.63. The lowest BCUT2D eigenvalue weighted by Gasteiger charge is -2.21. The number of alkyl halides is 1. The lowest BCUT2D eigenvalue weighted by molar-refractivity contribution is 0.106. The molecule has 0 saturated carbocycles. The molecule has 3 atom stereocenters. The van der Waals surface area contributed by atoms with E-state index in [0.717, 1.165) is 5.56 Å². The predicted molar refractivity (Wildman–Crippen MR) is 83.5 cm³/mol. The van der Waals surface area contributed by atoms with E-state index in [9.17, 15) is 9.18 Å². The second-order valence-electron chi connectivity index (χ2n) is 5.40. The van der Waals surface area contributed by atoms with Crippen molar-refractivity contribution in [2.75, 3.05) is 0 Å². The van der Waals surface area contributed by atoms with E-state index in [1.807, 2.05) is 41.8 Å². The average molecular weight is 315 g/mol. The van der Waals surface area contributed by atoms with Crippen LogP contribution in [0.2, 0.25) is 0 Å². The third-order valence-corrected chi connectivity index (χ3v) is 4.91. The largest absolute Gasteiger partial charge is 0.342 e. The van der Waals surface area contributed by atoms with Gasteiger partial charge in [-0.1, -0.05) is 36.4 Å². The molecule has 0 bridgehead atoms. The Morgan fingerprint density at radius 2 is 2.09 bits per heavy atom. The van der Waals surface area contributed by atoms with Crippen molar-refractivity contribution in [1.82, 2.24) is 10.3 Å². The van der Waals surface area contributed by atoms with Gasteiger partial charge in [-0.15, -0.1) is 11.3 Å². The van der Waals surface area contributed by atoms with Crippen LogP contribution in [-0.4, -0.2) is 29.0 Å². The Morgan fingerprint density at radius 1 is 1.27 bits per heavy atom. The number of Topliss-reactive ketones (excluding diaryl/α,β-unsaturated/α-hetero) is 1. The highest BCUT2D eigenvalue weighted by atomic mass is 32.1. The van der Waals surface area contributed by atoms with Crippen molar-refractivity contribution in [3.8, 4) is 0 Å². The Labute approximate surface area is 131 Å². The fourth-order valence-corrected chi connectivity index (χ4v) is 3.65. The van der Waals surface area contributed by atoms with Crippen LogP contribution in [0, 0.1) is 0 Å². The molecule has 1 aromatic heterocycles. The van der Waals surface area contributed by atoms with Gasteiger partial charge in [-0.2, -0.15) is 5.10 Å². The first-order valence-corrected chi connectivity index (χ1v) is 8.03. The van der Waals surface area contributed by atoms with Crippen LogP contribution in [-0.2, 0) is 0 Å². The van der Waals surface area contributed by atoms with Crippen molar-refractivity contribution in [3.05, 3.63) is 58.3 Å². The molecule has 2 aromatic rings. The van der Waals surface area contributed by atoms with E-state index in [4.69, 9.17) is 0 Å². The maximum absolute atomic E-state index is 14.3. The number of fused-ring (bicyclic) bond motifs is 1. The second-order valence-corrected chi connectivity index (χ2v) is 6.35. The van der Waals surface area contributed by atoms with E-state index < -0.39 is 12.3 Å². The molecule has 0 spiro atoms. The highest BCUT2D eigenvalue weighted by Gasteiger charge is 2.46. The van der Waals surface area contributed by atoms with Gasteiger partial charge >= 0.3 is 0 Å². The van der Waals surface area contributed by atoms with Crippen LogP contribution < -0.4 is 5.32 Å². The van der Waals surface area contributed by atoms with Crippen LogP contribution in [0.3, 0.4) is 0 Å². The fourth-order valence-electron chi connectivity index (χ4n) is 2.98. The first-order chi connectivity index (χ1) is 10.7. The van der Waals surface area contributed by atoms with Crippen molar-refractivity contribution in [3.63, 3.8) is 0 Å². The number of nitrogens with zero attached hydrogens (tertiary/aromatic N) is 2. The van der Waals surface area contributed by atoms with Crippen LogP contribution in [0.15, 0.2) is 52.9 Å². The maximum atomic E-state index is 14.3. The molecule has 4 rings (SSSR count). The zero-order valence-corrected chi connectivity index (χ0v) is 12.5. The third-order valence-electron chi connectivity index (χ3n) is 4.04. The smallest absolute Gasteiger partial charge is 0.239 e. The molecule has 1 fully saturated rings. The van der Waals surface area contributed by atoms with Crippen LogP contribution in [0.1, 0.15) is 27.7 Å². The zero-order valence-electron chi connectivity index (χ0n) is 11.6. The molecule has 1 N–H and O–H groups in total. The van der Waals surface area contributed by atoms with E-state index in [1.165, 1.54) is 11.3 Å². The minimum absolute atomic E-state index is 0.137. The monoisotopic (exact) mass is 315 g/mol. The number of amidine groups is 1. The molecule has 3 heterocycles. The molecule has 1 aromatic carbocycles. The van der Waals surface area contributed by atoms with Crippen molar-refractivity contribution in [2.24, 2.45) is 5.10 Å². The molecule has 1 unspecified atom stereocenters. The van der Waals surface area contributed by atoms with E-state index in [2.05, 4.69) is 10.4 Å². The summed E-state index contributed by atoms with van der Waals surface area (Å²) in [5.41, 5.74) is 1.02. The van der Waals surface area contributed by atoms with Gasteiger partial charge in [0.25, 0.3) is 0 Å². The van der Waals surface area contributed by atoms with Crippen molar-refractivity contribution in [2.45, 2.75) is 24.8 Å². The lowest BCUT2D eigenvalue weighted by Crippen LogP contribution is -2.41. The predicted octanol–water partition coefficient (Wildman–Crippen LogP) is 2.96. The van der Waals surface area contributed by atoms with Gasteiger partial charge in [0.2, 0.25) is 5.78 Å². The Bertz CT molecular complexity index is 716. The lowest BCUT2D eigenvalue weighted by atomic mass is 10.0. The fraction of sp³-hybridized carbons (Fsp3) is 0.250. The van der Waals surface area contributed by atoms with E-state index >= 15 is 0 Å². The normalized spacial score (nSPS) is 26.5. The Hall–Kier alpha value is -2.21. The molecule has 112 valence electrons. The quantitative estimate of drug-likeness (QED) is 0.886. The summed E-state index contributed by atoms with van der Waals surface area (Å²) in [6.45, 7) is 0. The number of benzene rings is 1. The highest BCUT2D eigenvalue weighted by molar-refractivity contribution is 7.13. The number of carbonyl (C=O) groups excluding carboxylic acids is 1. The minimum atomic E-state index is -1.05. The number of hydrogen-bond donors (Lipinski definition) is 1. The van der Waals surface area contributed by atoms with Crippen LogP contribution in [0.25, 0.3) is 0 Å². The van der Waals surface area contributed by atoms with Crippen molar-refractivity contribution >= 4 is 23.0 Å². The molecule has 4 nitrogen and oxygen atoms in total. The number of halogens is 1. The number of thiophene rings is 1. The van der Waals surface area contributed by atoms with E-state index in [1.54, 1.807) is 11.1 Å². The van der Waals surface area contributed by atoms with Gasteiger partial charge in [0.1, 0.15) is 12.3 Å². The molecular weight excluding hydrogens is 301 g/mol. The molecule has 1 saturated heterocycles. The van der Waals surface area contributed by atoms with Crippen molar-refractivity contribution < 1.29 is 9.18 Å². The summed E-state index contributed by atoms with van der Waals surface area (Å²) in [7, 11) is 0. The SMILES string of the molecule is O=C(C1=NN2C(N1)[C@@H](F)C[C@H]2c1ccccc1)c1cccs1. The third kappa shape index (κ3) is 2.11. The van der Waals surface area contributed by atoms with Gasteiger partial charge in [0.05, 0.1) is 10.9 Å². The average Bonchev–Trinajstić information content (AvgIpc) is 3.25. The molecule has 0 aliphatic carbocycles. The first-order valence-electron chi connectivity index (χ1n) is 7.15. The topological polar surface area (TPSA) is 44.7 Å². The van der Waals surface area contributed by atoms with Crippen LogP contribution in [0.4, 0.5) is 4.39 Å². The van der Waals surface area contributed by atoms with Gasteiger partial charge < -0.3 is 5.32 Å². The number of nitrogens with one attached hydrogen (secondary N) is 1. The zero-order chi connectivity index (χ0) is 15.1. The number of ketones is 1. The van der Waals surface area contributed by atoms with Crippen LogP contribution >= 0.6 is 11.3 Å². The second kappa shape index (κ2) is 5.21. The van der Waals surface area contributed by atoms with E-state index in [0.29, 0.717) is 11.3 Å². The van der Waals surface area contributed by atoms with Crippen molar-refractivity contribution in [1.29, 1.82) is 0 Å². The van der Waals surface area contributed by atoms with Gasteiger partial charge in [-0.25, -0.2) is 4.39 Å². The minimum Gasteiger partial charge on any atom is -0.342 e. The van der Waals surface area contributed by atoms with Gasteiger partial charge in [0, 0.05) is 6.42 Å². The first kappa shape index (κ1) is 13.5. The maximum Gasteiger partial charge on any atom is 0.239 e. The summed E-state index contributed by atoms with van der Waals surface area (Å²) in [6, 6.07) is 13.2. The molecule has 22 heavy (non-hydrogen) atoms. The van der Waals surface area contributed by atoms with Crippen LogP contribution in [0.5, 0.6) is 0 Å². The summed E-state index contributed by atoms with van der Waals surface area (Å²) in [4.78, 5) is 13.0. The number of carbonyl (C=O) groups is 1. The summed E-state index contributed by atoms with van der Waals surface area (Å²) >= 11 is 1.36. The summed E-state index contributed by atoms with van der Waals surface area (Å²) in [5.74, 6) is 0.0548. The molecule has 0 amide bonds. The van der Waals surface area contributed by atoms with E-state index in [-0.39, 0.29) is 17.7 Å². The standard InChI is InChI=1S/C16H14FN3OS/c17-11-9-12(10-5-2-1-3-6-10)20-16(11)18-15(19-20)14(21)13-7-4-8-22-13/h1-8,11-12,16H,9H2,(H,18,19)/t11-,12-,16?/m0/s1. The highest BCUT2D eigenvalue weighted by Crippen LogP contribution is 2.39. The summed E-state index contributed by atoms with van der Waals surface area (Å²) in [5, 5.41) is 10.9. The molecule has 2 aliphatic rings. The molecular formula is C16H14FN3OS. The molecule has 0 radical (unpaired) electrons. The number of hydrogen-bond acceptors (Lipinski definition) is 5.